The highest BCUT2D eigenvalue weighted by molar-refractivity contribution is 5.85. The Morgan fingerprint density at radius 2 is 2.00 bits per heavy atom. The second-order valence-electron chi connectivity index (χ2n) is 2.79. The van der Waals surface area contributed by atoms with Crippen molar-refractivity contribution in [2.45, 2.75) is 18.6 Å². The van der Waals surface area contributed by atoms with Gasteiger partial charge < -0.3 is 26.4 Å². The lowest BCUT2D eigenvalue weighted by Gasteiger charge is -2.12. The van der Waals surface area contributed by atoms with Crippen LogP contribution in [0.2, 0.25) is 0 Å². The lowest BCUT2D eigenvalue weighted by atomic mass is 10.2. The van der Waals surface area contributed by atoms with Crippen molar-refractivity contribution in [3.63, 3.8) is 0 Å². The fraction of sp³-hybridized carbons (Fsp3) is 0.714. The van der Waals surface area contributed by atoms with E-state index in [0.29, 0.717) is 0 Å². The summed E-state index contributed by atoms with van der Waals surface area (Å²) in [5.41, 5.74) is 5.21. The molecule has 0 spiro atoms. The van der Waals surface area contributed by atoms with Gasteiger partial charge in [-0.1, -0.05) is 0 Å². The molecule has 2 unspecified atom stereocenters. The largest absolute Gasteiger partial charge is 0.481 e. The number of carbonyl (C=O) groups is 2. The number of carboxylic acids is 1. The SMILES string of the molecule is NC(CC(=O)O)C(=O)NCC(O)CO. The molecule has 0 bridgehead atoms. The van der Waals surface area contributed by atoms with Gasteiger partial charge in [0.2, 0.25) is 5.91 Å². The van der Waals surface area contributed by atoms with Gasteiger partial charge in [-0.25, -0.2) is 0 Å². The standard InChI is InChI=1S/C7H14N2O5/c8-5(1-6(12)13)7(14)9-2-4(11)3-10/h4-5,10-11H,1-3,8H2,(H,9,14)(H,12,13). The molecule has 2 atom stereocenters. The van der Waals surface area contributed by atoms with Crippen LogP contribution >= 0.6 is 0 Å². The van der Waals surface area contributed by atoms with E-state index in [9.17, 15) is 9.59 Å². The summed E-state index contributed by atoms with van der Waals surface area (Å²) in [4.78, 5) is 21.2. The highest BCUT2D eigenvalue weighted by Gasteiger charge is 2.17. The Hall–Kier alpha value is -1.18. The summed E-state index contributed by atoms with van der Waals surface area (Å²) >= 11 is 0. The van der Waals surface area contributed by atoms with E-state index in [0.717, 1.165) is 0 Å². The number of rotatable bonds is 6. The van der Waals surface area contributed by atoms with Crippen molar-refractivity contribution in [1.82, 2.24) is 5.32 Å². The van der Waals surface area contributed by atoms with Crippen molar-refractivity contribution in [3.05, 3.63) is 0 Å². The third kappa shape index (κ3) is 5.46. The molecular formula is C7H14N2O5. The van der Waals surface area contributed by atoms with Crippen molar-refractivity contribution >= 4 is 11.9 Å². The van der Waals surface area contributed by atoms with Gasteiger partial charge in [-0.15, -0.1) is 0 Å². The zero-order valence-corrected chi connectivity index (χ0v) is 7.51. The number of hydrogen-bond donors (Lipinski definition) is 5. The number of carbonyl (C=O) groups excluding carboxylic acids is 1. The van der Waals surface area contributed by atoms with Gasteiger partial charge in [-0.05, 0) is 0 Å². The Balaban J connectivity index is 3.78. The molecule has 0 aromatic rings. The first-order chi connectivity index (χ1) is 6.47. The summed E-state index contributed by atoms with van der Waals surface area (Å²) in [5, 5.41) is 27.8. The number of carboxylic acid groups (broad SMARTS) is 1. The Labute approximate surface area is 80.5 Å². The third-order valence-electron chi connectivity index (χ3n) is 1.45. The van der Waals surface area contributed by atoms with Gasteiger partial charge in [0.25, 0.3) is 0 Å². The van der Waals surface area contributed by atoms with Gasteiger partial charge in [-0.2, -0.15) is 0 Å². The lowest BCUT2D eigenvalue weighted by Crippen LogP contribution is -2.45. The highest BCUT2D eigenvalue weighted by Crippen LogP contribution is 1.88. The lowest BCUT2D eigenvalue weighted by molar-refractivity contribution is -0.139. The van der Waals surface area contributed by atoms with E-state index in [1.165, 1.54) is 0 Å². The first kappa shape index (κ1) is 12.8. The van der Waals surface area contributed by atoms with E-state index in [2.05, 4.69) is 5.32 Å². The van der Waals surface area contributed by atoms with Gasteiger partial charge in [-0.3, -0.25) is 9.59 Å². The second-order valence-corrected chi connectivity index (χ2v) is 2.79. The molecular weight excluding hydrogens is 192 g/mol. The zero-order chi connectivity index (χ0) is 11.1. The number of aliphatic hydroxyl groups is 2. The van der Waals surface area contributed by atoms with Crippen LogP contribution in [0.25, 0.3) is 0 Å². The molecule has 82 valence electrons. The van der Waals surface area contributed by atoms with Crippen molar-refractivity contribution in [2.75, 3.05) is 13.2 Å². The maximum Gasteiger partial charge on any atom is 0.305 e. The predicted octanol–water partition coefficient (Wildman–Crippen LogP) is -2.74. The Morgan fingerprint density at radius 3 is 2.43 bits per heavy atom. The minimum atomic E-state index is -1.17. The van der Waals surface area contributed by atoms with Crippen LogP contribution in [0.3, 0.4) is 0 Å². The average molecular weight is 206 g/mol. The summed E-state index contributed by atoms with van der Waals surface area (Å²) in [5.74, 6) is -1.84. The van der Waals surface area contributed by atoms with Crippen LogP contribution in [-0.2, 0) is 9.59 Å². The van der Waals surface area contributed by atoms with Crippen molar-refractivity contribution < 1.29 is 24.9 Å². The maximum absolute atomic E-state index is 11.0. The van der Waals surface area contributed by atoms with E-state index < -0.39 is 37.0 Å². The minimum absolute atomic E-state index is 0.150. The molecule has 0 aromatic carbocycles. The summed E-state index contributed by atoms with van der Waals surface area (Å²) < 4.78 is 0. The Morgan fingerprint density at radius 1 is 1.43 bits per heavy atom. The minimum Gasteiger partial charge on any atom is -0.481 e. The molecule has 0 aliphatic rings. The molecule has 0 saturated heterocycles. The first-order valence-corrected chi connectivity index (χ1v) is 4.01. The van der Waals surface area contributed by atoms with E-state index in [4.69, 9.17) is 21.1 Å². The molecule has 0 aromatic heterocycles. The normalized spacial score (nSPS) is 14.5. The van der Waals surface area contributed by atoms with Gasteiger partial charge in [0.05, 0.1) is 25.2 Å². The molecule has 0 saturated carbocycles. The molecule has 7 nitrogen and oxygen atoms in total. The molecule has 0 rings (SSSR count). The molecule has 0 aliphatic carbocycles. The Kier molecular flexibility index (Phi) is 5.77. The molecule has 0 aliphatic heterocycles. The number of nitrogens with two attached hydrogens (primary N) is 1. The number of aliphatic hydroxyl groups excluding tert-OH is 2. The number of aliphatic carboxylic acids is 1. The molecule has 6 N–H and O–H groups in total. The zero-order valence-electron chi connectivity index (χ0n) is 7.51. The van der Waals surface area contributed by atoms with Gasteiger partial charge in [0.1, 0.15) is 0 Å². The smallest absolute Gasteiger partial charge is 0.305 e. The van der Waals surface area contributed by atoms with Crippen LogP contribution < -0.4 is 11.1 Å². The van der Waals surface area contributed by atoms with Crippen molar-refractivity contribution in [3.8, 4) is 0 Å². The monoisotopic (exact) mass is 206 g/mol. The molecule has 0 fully saturated rings. The van der Waals surface area contributed by atoms with E-state index in [-0.39, 0.29) is 6.54 Å². The summed E-state index contributed by atoms with van der Waals surface area (Å²) in [6.07, 6.45) is -1.53. The molecule has 7 heteroatoms. The fourth-order valence-corrected chi connectivity index (χ4v) is 0.695. The summed E-state index contributed by atoms with van der Waals surface area (Å²) in [6, 6.07) is -1.14. The van der Waals surface area contributed by atoms with E-state index >= 15 is 0 Å². The van der Waals surface area contributed by atoms with E-state index in [1.54, 1.807) is 0 Å². The van der Waals surface area contributed by atoms with E-state index in [1.807, 2.05) is 0 Å². The number of amides is 1. The third-order valence-corrected chi connectivity index (χ3v) is 1.45. The maximum atomic E-state index is 11.0. The molecule has 0 heterocycles. The summed E-state index contributed by atoms with van der Waals surface area (Å²) in [7, 11) is 0. The number of hydrogen-bond acceptors (Lipinski definition) is 5. The quantitative estimate of drug-likeness (QED) is 0.320. The highest BCUT2D eigenvalue weighted by atomic mass is 16.4. The van der Waals surface area contributed by atoms with Crippen LogP contribution in [0.4, 0.5) is 0 Å². The van der Waals surface area contributed by atoms with Gasteiger partial charge >= 0.3 is 5.97 Å². The van der Waals surface area contributed by atoms with Crippen LogP contribution in [0.1, 0.15) is 6.42 Å². The van der Waals surface area contributed by atoms with Crippen molar-refractivity contribution in [1.29, 1.82) is 0 Å². The van der Waals surface area contributed by atoms with Crippen LogP contribution in [0, 0.1) is 0 Å². The van der Waals surface area contributed by atoms with Gasteiger partial charge in [0, 0.05) is 6.54 Å². The number of nitrogens with one attached hydrogen (secondary N) is 1. The second kappa shape index (κ2) is 6.30. The van der Waals surface area contributed by atoms with Crippen molar-refractivity contribution in [2.24, 2.45) is 5.73 Å². The fourth-order valence-electron chi connectivity index (χ4n) is 0.695. The first-order valence-electron chi connectivity index (χ1n) is 4.01. The predicted molar refractivity (Wildman–Crippen MR) is 46.3 cm³/mol. The average Bonchev–Trinajstić information content (AvgIpc) is 2.12. The van der Waals surface area contributed by atoms with Gasteiger partial charge in [0.15, 0.2) is 0 Å². The summed E-state index contributed by atoms with van der Waals surface area (Å²) in [6.45, 7) is -0.628. The van der Waals surface area contributed by atoms with Crippen LogP contribution in [0.5, 0.6) is 0 Å². The topological polar surface area (TPSA) is 133 Å². The molecule has 0 radical (unpaired) electrons. The Bertz CT molecular complexity index is 208. The van der Waals surface area contributed by atoms with Crippen LogP contribution in [0.15, 0.2) is 0 Å². The molecule has 14 heavy (non-hydrogen) atoms. The van der Waals surface area contributed by atoms with Crippen LogP contribution in [-0.4, -0.2) is 52.5 Å². The molecule has 1 amide bonds.